The topological polar surface area (TPSA) is 21.3 Å². The van der Waals surface area contributed by atoms with Gasteiger partial charge in [0.15, 0.2) is 11.6 Å². The third-order valence-corrected chi connectivity index (χ3v) is 3.54. The summed E-state index contributed by atoms with van der Waals surface area (Å²) in [6, 6.07) is 2.33. The van der Waals surface area contributed by atoms with Crippen LogP contribution in [0.2, 0.25) is 0 Å². The Balaban J connectivity index is 2.15. The molecule has 1 saturated heterocycles. The van der Waals surface area contributed by atoms with Crippen molar-refractivity contribution < 1.29 is 13.5 Å². The Hall–Kier alpha value is -1.16. The Morgan fingerprint density at radius 1 is 1.19 bits per heavy atom. The van der Waals surface area contributed by atoms with Crippen LogP contribution in [-0.4, -0.2) is 19.7 Å². The fraction of sp³-hybridized carbons (Fsp3) is 0.500. The summed E-state index contributed by atoms with van der Waals surface area (Å²) in [6.45, 7) is 2.04. The summed E-state index contributed by atoms with van der Waals surface area (Å²) >= 11 is 0. The van der Waals surface area contributed by atoms with E-state index in [4.69, 9.17) is 4.74 Å². The molecule has 0 amide bonds. The van der Waals surface area contributed by atoms with Gasteiger partial charge in [-0.2, -0.15) is 0 Å². The zero-order chi connectivity index (χ0) is 11.1. The van der Waals surface area contributed by atoms with Gasteiger partial charge in [0.05, 0.1) is 6.61 Å². The molecule has 0 unspecified atom stereocenters. The second kappa shape index (κ2) is 3.70. The zero-order valence-corrected chi connectivity index (χ0v) is 8.80. The van der Waals surface area contributed by atoms with E-state index in [1.54, 1.807) is 0 Å². The molecular weight excluding hydrogens is 212 g/mol. The van der Waals surface area contributed by atoms with Gasteiger partial charge in [-0.3, -0.25) is 0 Å². The second-order valence-electron chi connectivity index (χ2n) is 4.43. The Morgan fingerprint density at radius 3 is 2.88 bits per heavy atom. The van der Waals surface area contributed by atoms with Gasteiger partial charge in [-0.25, -0.2) is 8.78 Å². The van der Waals surface area contributed by atoms with Crippen molar-refractivity contribution in [2.45, 2.75) is 12.3 Å². The predicted octanol–water partition coefficient (Wildman–Crippen LogP) is 2.05. The molecule has 0 saturated carbocycles. The molecule has 4 heteroatoms. The standard InChI is InChI=1S/C12H13F2NO/c13-9-1-2-10(14)12-11(9)8-6-15-5-7(8)3-4-16-12/h1-2,7-8,15H,3-6H2/t7-,8-/m1/s1. The fourth-order valence-electron chi connectivity index (χ4n) is 2.73. The monoisotopic (exact) mass is 225 g/mol. The summed E-state index contributed by atoms with van der Waals surface area (Å²) in [4.78, 5) is 0. The predicted molar refractivity (Wildman–Crippen MR) is 55.6 cm³/mol. The highest BCUT2D eigenvalue weighted by Gasteiger charge is 2.35. The fourth-order valence-corrected chi connectivity index (χ4v) is 2.73. The van der Waals surface area contributed by atoms with Crippen LogP contribution in [0.3, 0.4) is 0 Å². The van der Waals surface area contributed by atoms with E-state index in [0.29, 0.717) is 24.6 Å². The number of benzene rings is 1. The van der Waals surface area contributed by atoms with Gasteiger partial charge in [-0.1, -0.05) is 0 Å². The van der Waals surface area contributed by atoms with E-state index in [1.807, 2.05) is 0 Å². The minimum absolute atomic E-state index is 0.0493. The van der Waals surface area contributed by atoms with Crippen LogP contribution in [0.25, 0.3) is 0 Å². The summed E-state index contributed by atoms with van der Waals surface area (Å²) in [5.41, 5.74) is 0.424. The molecule has 2 aliphatic heterocycles. The zero-order valence-electron chi connectivity index (χ0n) is 8.80. The van der Waals surface area contributed by atoms with E-state index >= 15 is 0 Å². The number of fused-ring (bicyclic) bond motifs is 3. The van der Waals surface area contributed by atoms with Gasteiger partial charge in [0.2, 0.25) is 0 Å². The van der Waals surface area contributed by atoms with Crippen molar-refractivity contribution in [2.75, 3.05) is 19.7 Å². The van der Waals surface area contributed by atoms with Crippen LogP contribution in [-0.2, 0) is 0 Å². The van der Waals surface area contributed by atoms with Crippen LogP contribution < -0.4 is 10.1 Å². The molecule has 1 fully saturated rings. The molecule has 0 radical (unpaired) electrons. The normalized spacial score (nSPS) is 27.9. The van der Waals surface area contributed by atoms with Crippen molar-refractivity contribution in [1.82, 2.24) is 5.32 Å². The van der Waals surface area contributed by atoms with Crippen LogP contribution in [0.1, 0.15) is 17.9 Å². The summed E-state index contributed by atoms with van der Waals surface area (Å²) in [5, 5.41) is 3.23. The molecule has 0 aromatic heterocycles. The van der Waals surface area contributed by atoms with Gasteiger partial charge < -0.3 is 10.1 Å². The van der Waals surface area contributed by atoms with Gasteiger partial charge in [-0.05, 0) is 31.0 Å². The van der Waals surface area contributed by atoms with Crippen LogP contribution in [0.4, 0.5) is 8.78 Å². The van der Waals surface area contributed by atoms with E-state index < -0.39 is 5.82 Å². The molecule has 86 valence electrons. The first-order valence-corrected chi connectivity index (χ1v) is 5.59. The Bertz CT molecular complexity index is 422. The van der Waals surface area contributed by atoms with Crippen LogP contribution in [0.5, 0.6) is 5.75 Å². The highest BCUT2D eigenvalue weighted by Crippen LogP contribution is 2.41. The molecule has 3 rings (SSSR count). The van der Waals surface area contributed by atoms with Crippen molar-refractivity contribution in [3.63, 3.8) is 0 Å². The molecule has 2 aliphatic rings. The van der Waals surface area contributed by atoms with Gasteiger partial charge in [0.25, 0.3) is 0 Å². The molecule has 0 bridgehead atoms. The van der Waals surface area contributed by atoms with Crippen LogP contribution >= 0.6 is 0 Å². The van der Waals surface area contributed by atoms with Gasteiger partial charge >= 0.3 is 0 Å². The molecule has 1 N–H and O–H groups in total. The smallest absolute Gasteiger partial charge is 0.165 e. The summed E-state index contributed by atoms with van der Waals surface area (Å²) in [7, 11) is 0. The summed E-state index contributed by atoms with van der Waals surface area (Å²) in [5.74, 6) is -0.275. The first-order valence-electron chi connectivity index (χ1n) is 5.59. The molecule has 0 aliphatic carbocycles. The van der Waals surface area contributed by atoms with Crippen LogP contribution in [0, 0.1) is 17.6 Å². The van der Waals surface area contributed by atoms with E-state index in [0.717, 1.165) is 19.0 Å². The van der Waals surface area contributed by atoms with E-state index in [2.05, 4.69) is 5.32 Å². The number of halogens is 2. The minimum atomic E-state index is -0.455. The Labute approximate surface area is 92.6 Å². The Morgan fingerprint density at radius 2 is 2.00 bits per heavy atom. The molecule has 2 atom stereocenters. The highest BCUT2D eigenvalue weighted by molar-refractivity contribution is 5.41. The largest absolute Gasteiger partial charge is 0.490 e. The second-order valence-corrected chi connectivity index (χ2v) is 4.43. The summed E-state index contributed by atoms with van der Waals surface area (Å²) < 4.78 is 32.7. The third kappa shape index (κ3) is 1.40. The number of rotatable bonds is 0. The summed E-state index contributed by atoms with van der Waals surface area (Å²) in [6.07, 6.45) is 0.852. The molecule has 1 aromatic carbocycles. The van der Waals surface area contributed by atoms with Gasteiger partial charge in [-0.15, -0.1) is 0 Å². The molecule has 2 nitrogen and oxygen atoms in total. The molecular formula is C12H13F2NO. The maximum absolute atomic E-state index is 13.8. The molecule has 0 spiro atoms. The van der Waals surface area contributed by atoms with Crippen molar-refractivity contribution >= 4 is 0 Å². The number of hydrogen-bond donors (Lipinski definition) is 1. The third-order valence-electron chi connectivity index (χ3n) is 3.54. The lowest BCUT2D eigenvalue weighted by atomic mass is 9.87. The average Bonchev–Trinajstić information content (AvgIpc) is 2.64. The first kappa shape index (κ1) is 10.0. The maximum atomic E-state index is 13.8. The Kier molecular flexibility index (Phi) is 2.32. The quantitative estimate of drug-likeness (QED) is 0.729. The number of ether oxygens (including phenoxy) is 1. The SMILES string of the molecule is Fc1ccc(F)c2c1OCC[C@@H]1CNC[C@@H]21. The number of hydrogen-bond acceptors (Lipinski definition) is 2. The van der Waals surface area contributed by atoms with Crippen molar-refractivity contribution in [2.24, 2.45) is 5.92 Å². The molecule has 2 heterocycles. The lowest BCUT2D eigenvalue weighted by Crippen LogP contribution is -2.11. The average molecular weight is 225 g/mol. The van der Waals surface area contributed by atoms with Gasteiger partial charge in [0.1, 0.15) is 5.82 Å². The minimum Gasteiger partial charge on any atom is -0.490 e. The van der Waals surface area contributed by atoms with Crippen molar-refractivity contribution in [3.05, 3.63) is 29.3 Å². The lowest BCUT2D eigenvalue weighted by Gasteiger charge is -2.16. The van der Waals surface area contributed by atoms with E-state index in [1.165, 1.54) is 6.07 Å². The maximum Gasteiger partial charge on any atom is 0.165 e. The van der Waals surface area contributed by atoms with E-state index in [9.17, 15) is 8.78 Å². The first-order chi connectivity index (χ1) is 7.77. The van der Waals surface area contributed by atoms with Gasteiger partial charge in [0, 0.05) is 18.0 Å². The van der Waals surface area contributed by atoms with Crippen molar-refractivity contribution in [1.29, 1.82) is 0 Å². The lowest BCUT2D eigenvalue weighted by molar-refractivity contribution is 0.284. The number of nitrogens with one attached hydrogen (secondary N) is 1. The van der Waals surface area contributed by atoms with E-state index in [-0.39, 0.29) is 17.5 Å². The molecule has 16 heavy (non-hydrogen) atoms. The highest BCUT2D eigenvalue weighted by atomic mass is 19.1. The van der Waals surface area contributed by atoms with Crippen LogP contribution in [0.15, 0.2) is 12.1 Å². The van der Waals surface area contributed by atoms with Crippen molar-refractivity contribution in [3.8, 4) is 5.75 Å². The molecule has 1 aromatic rings.